The highest BCUT2D eigenvalue weighted by Crippen LogP contribution is 2.00. The van der Waals surface area contributed by atoms with Crippen molar-refractivity contribution in [1.29, 1.82) is 0 Å². The van der Waals surface area contributed by atoms with E-state index < -0.39 is 0 Å². The first-order valence-corrected chi connectivity index (χ1v) is 5.86. The van der Waals surface area contributed by atoms with E-state index in [1.54, 1.807) is 24.5 Å². The quantitative estimate of drug-likeness (QED) is 0.326. The SMILES string of the molecule is NNc1ccc(C(=O)NCCCc2ncc[nH]2)nn1. The molecule has 0 aliphatic rings. The van der Waals surface area contributed by atoms with Crippen LogP contribution in [0.1, 0.15) is 22.7 Å². The fourth-order valence-electron chi connectivity index (χ4n) is 1.51. The number of carbonyl (C=O) groups is 1. The van der Waals surface area contributed by atoms with Crippen molar-refractivity contribution in [3.05, 3.63) is 36.0 Å². The Morgan fingerprint density at radius 1 is 1.37 bits per heavy atom. The van der Waals surface area contributed by atoms with Gasteiger partial charge in [-0.05, 0) is 18.6 Å². The Morgan fingerprint density at radius 3 is 2.89 bits per heavy atom. The molecule has 0 radical (unpaired) electrons. The summed E-state index contributed by atoms with van der Waals surface area (Å²) in [7, 11) is 0. The van der Waals surface area contributed by atoms with Gasteiger partial charge in [-0.15, -0.1) is 10.2 Å². The molecule has 2 rings (SSSR count). The zero-order chi connectivity index (χ0) is 13.5. The first-order chi connectivity index (χ1) is 9.29. The smallest absolute Gasteiger partial charge is 0.271 e. The van der Waals surface area contributed by atoms with Crippen molar-refractivity contribution in [2.75, 3.05) is 12.0 Å². The summed E-state index contributed by atoms with van der Waals surface area (Å²) in [6.07, 6.45) is 5.07. The Labute approximate surface area is 109 Å². The van der Waals surface area contributed by atoms with Gasteiger partial charge in [-0.1, -0.05) is 0 Å². The number of aryl methyl sites for hydroxylation is 1. The first kappa shape index (κ1) is 13.0. The van der Waals surface area contributed by atoms with Crippen LogP contribution in [0.15, 0.2) is 24.5 Å². The van der Waals surface area contributed by atoms with Crippen molar-refractivity contribution < 1.29 is 4.79 Å². The summed E-state index contributed by atoms with van der Waals surface area (Å²) >= 11 is 0. The number of rotatable bonds is 6. The number of nitrogens with two attached hydrogens (primary N) is 1. The number of anilines is 1. The van der Waals surface area contributed by atoms with Crippen LogP contribution in [0.5, 0.6) is 0 Å². The molecule has 2 heterocycles. The topological polar surface area (TPSA) is 122 Å². The fourth-order valence-corrected chi connectivity index (χ4v) is 1.51. The molecule has 100 valence electrons. The number of hydrogen-bond acceptors (Lipinski definition) is 6. The summed E-state index contributed by atoms with van der Waals surface area (Å²) in [4.78, 5) is 18.8. The second-order valence-corrected chi connectivity index (χ2v) is 3.84. The number of imidazole rings is 1. The van der Waals surface area contributed by atoms with Crippen molar-refractivity contribution in [3.8, 4) is 0 Å². The number of nitrogens with one attached hydrogen (secondary N) is 3. The van der Waals surface area contributed by atoms with Crippen molar-refractivity contribution in [2.24, 2.45) is 5.84 Å². The highest BCUT2D eigenvalue weighted by Gasteiger charge is 2.07. The molecule has 0 aliphatic heterocycles. The summed E-state index contributed by atoms with van der Waals surface area (Å²) in [5.41, 5.74) is 2.61. The highest BCUT2D eigenvalue weighted by molar-refractivity contribution is 5.92. The molecule has 0 unspecified atom stereocenters. The molecule has 0 saturated heterocycles. The van der Waals surface area contributed by atoms with Gasteiger partial charge in [0.2, 0.25) is 0 Å². The van der Waals surface area contributed by atoms with Crippen molar-refractivity contribution >= 4 is 11.7 Å². The molecule has 0 saturated carbocycles. The van der Waals surface area contributed by atoms with Crippen molar-refractivity contribution in [2.45, 2.75) is 12.8 Å². The highest BCUT2D eigenvalue weighted by atomic mass is 16.1. The van der Waals surface area contributed by atoms with E-state index in [2.05, 4.69) is 30.9 Å². The van der Waals surface area contributed by atoms with Crippen LogP contribution < -0.4 is 16.6 Å². The van der Waals surface area contributed by atoms with Gasteiger partial charge < -0.3 is 15.7 Å². The molecule has 8 nitrogen and oxygen atoms in total. The zero-order valence-corrected chi connectivity index (χ0v) is 10.3. The van der Waals surface area contributed by atoms with Gasteiger partial charge in [0, 0.05) is 25.4 Å². The Morgan fingerprint density at radius 2 is 2.26 bits per heavy atom. The second kappa shape index (κ2) is 6.45. The van der Waals surface area contributed by atoms with E-state index >= 15 is 0 Å². The van der Waals surface area contributed by atoms with E-state index in [4.69, 9.17) is 5.84 Å². The third kappa shape index (κ3) is 3.75. The molecule has 8 heteroatoms. The molecular weight excluding hydrogens is 246 g/mol. The maximum atomic E-state index is 11.7. The van der Waals surface area contributed by atoms with Crippen molar-refractivity contribution in [1.82, 2.24) is 25.5 Å². The van der Waals surface area contributed by atoms with Crippen LogP contribution in [0.3, 0.4) is 0 Å². The molecule has 0 atom stereocenters. The molecule has 2 aromatic rings. The van der Waals surface area contributed by atoms with E-state index in [1.807, 2.05) is 0 Å². The van der Waals surface area contributed by atoms with Crippen molar-refractivity contribution in [3.63, 3.8) is 0 Å². The Bertz CT molecular complexity index is 508. The number of carbonyl (C=O) groups excluding carboxylic acids is 1. The summed E-state index contributed by atoms with van der Waals surface area (Å²) in [5, 5.41) is 10.2. The van der Waals surface area contributed by atoms with E-state index in [9.17, 15) is 4.79 Å². The van der Waals surface area contributed by atoms with Gasteiger partial charge in [-0.2, -0.15) is 0 Å². The van der Waals surface area contributed by atoms with Crippen LogP contribution >= 0.6 is 0 Å². The van der Waals surface area contributed by atoms with Crippen LogP contribution in [0.25, 0.3) is 0 Å². The van der Waals surface area contributed by atoms with Crippen LogP contribution in [-0.4, -0.2) is 32.6 Å². The second-order valence-electron chi connectivity index (χ2n) is 3.84. The van der Waals surface area contributed by atoms with Gasteiger partial charge in [-0.25, -0.2) is 10.8 Å². The molecular formula is C11H15N7O. The lowest BCUT2D eigenvalue weighted by atomic mass is 10.3. The number of aromatic nitrogens is 4. The lowest BCUT2D eigenvalue weighted by molar-refractivity contribution is 0.0947. The summed E-state index contributed by atoms with van der Waals surface area (Å²) in [6.45, 7) is 0.554. The predicted octanol–water partition coefficient (Wildman–Crippen LogP) is -0.152. The van der Waals surface area contributed by atoms with Crippen LogP contribution in [-0.2, 0) is 6.42 Å². The van der Waals surface area contributed by atoms with E-state index in [-0.39, 0.29) is 11.6 Å². The molecule has 5 N–H and O–H groups in total. The number of hydrazine groups is 1. The summed E-state index contributed by atoms with van der Waals surface area (Å²) < 4.78 is 0. The Hall–Kier alpha value is -2.48. The Kier molecular flexibility index (Phi) is 4.40. The minimum absolute atomic E-state index is 0.254. The third-order valence-corrected chi connectivity index (χ3v) is 2.48. The molecule has 0 fully saturated rings. The van der Waals surface area contributed by atoms with Gasteiger partial charge >= 0.3 is 0 Å². The van der Waals surface area contributed by atoms with E-state index in [0.29, 0.717) is 12.4 Å². The van der Waals surface area contributed by atoms with Crippen LogP contribution in [0, 0.1) is 0 Å². The van der Waals surface area contributed by atoms with Crippen LogP contribution in [0.4, 0.5) is 5.82 Å². The van der Waals surface area contributed by atoms with Gasteiger partial charge in [0.05, 0.1) is 0 Å². The van der Waals surface area contributed by atoms with E-state index in [1.165, 1.54) is 0 Å². The van der Waals surface area contributed by atoms with Gasteiger partial charge in [0.15, 0.2) is 11.5 Å². The molecule has 0 aliphatic carbocycles. The number of H-pyrrole nitrogens is 1. The largest absolute Gasteiger partial charge is 0.351 e. The molecule has 19 heavy (non-hydrogen) atoms. The third-order valence-electron chi connectivity index (χ3n) is 2.48. The standard InChI is InChI=1S/C11H15N7O/c12-16-10-4-3-8(17-18-10)11(19)15-5-1-2-9-13-6-7-14-9/h3-4,6-7H,1-2,5,12H2,(H,13,14)(H,15,19)(H,16,18). The fraction of sp³-hybridized carbons (Fsp3) is 0.273. The molecule has 1 amide bonds. The first-order valence-electron chi connectivity index (χ1n) is 5.86. The van der Waals surface area contributed by atoms with Gasteiger partial charge in [0.25, 0.3) is 5.91 Å². The van der Waals surface area contributed by atoms with Crippen LogP contribution in [0.2, 0.25) is 0 Å². The lowest BCUT2D eigenvalue weighted by Crippen LogP contribution is -2.26. The maximum absolute atomic E-state index is 11.7. The number of nitrogen functional groups attached to an aromatic ring is 1. The molecule has 2 aromatic heterocycles. The van der Waals surface area contributed by atoms with Gasteiger partial charge in [0.1, 0.15) is 5.82 Å². The normalized spacial score (nSPS) is 10.2. The predicted molar refractivity (Wildman–Crippen MR) is 69.1 cm³/mol. The minimum atomic E-state index is -0.254. The minimum Gasteiger partial charge on any atom is -0.351 e. The number of nitrogens with zero attached hydrogens (tertiary/aromatic N) is 3. The number of hydrogen-bond donors (Lipinski definition) is 4. The number of amides is 1. The Balaban J connectivity index is 1.74. The maximum Gasteiger partial charge on any atom is 0.271 e. The molecule has 0 aromatic carbocycles. The summed E-state index contributed by atoms with van der Waals surface area (Å²) in [5.74, 6) is 6.23. The van der Waals surface area contributed by atoms with Gasteiger partial charge in [-0.3, -0.25) is 4.79 Å². The monoisotopic (exact) mass is 261 g/mol. The summed E-state index contributed by atoms with van der Waals surface area (Å²) in [6, 6.07) is 3.15. The zero-order valence-electron chi connectivity index (χ0n) is 10.3. The number of aromatic amines is 1. The average Bonchev–Trinajstić information content (AvgIpc) is 2.96. The molecule has 0 spiro atoms. The van der Waals surface area contributed by atoms with E-state index in [0.717, 1.165) is 18.7 Å². The average molecular weight is 261 g/mol. The lowest BCUT2D eigenvalue weighted by Gasteiger charge is -2.04. The molecule has 0 bridgehead atoms.